The van der Waals surface area contributed by atoms with Crippen molar-refractivity contribution in [1.29, 1.82) is 0 Å². The van der Waals surface area contributed by atoms with Crippen LogP contribution in [0.2, 0.25) is 0 Å². The number of aromatic nitrogens is 2. The number of anilines is 1. The third kappa shape index (κ3) is 4.09. The van der Waals surface area contributed by atoms with Crippen LogP contribution in [0.4, 0.5) is 5.82 Å². The number of ether oxygens (including phenoxy) is 2. The summed E-state index contributed by atoms with van der Waals surface area (Å²) in [5, 5.41) is 1.32. The maximum Gasteiger partial charge on any atom is 0.146 e. The Morgan fingerprint density at radius 1 is 0.867 bits per heavy atom. The van der Waals surface area contributed by atoms with Gasteiger partial charge in [-0.15, -0.1) is 11.3 Å². The number of thiophene rings is 1. The second kappa shape index (κ2) is 8.34. The van der Waals surface area contributed by atoms with Gasteiger partial charge < -0.3 is 14.4 Å². The van der Waals surface area contributed by atoms with Gasteiger partial charge in [-0.05, 0) is 58.9 Å². The lowest BCUT2D eigenvalue weighted by Crippen LogP contribution is -2.46. The smallest absolute Gasteiger partial charge is 0.146 e. The Balaban J connectivity index is 1.54. The van der Waals surface area contributed by atoms with E-state index in [1.807, 2.05) is 11.3 Å². The number of hydrogen-bond acceptors (Lipinski definition) is 7. The summed E-state index contributed by atoms with van der Waals surface area (Å²) in [7, 11) is 0. The van der Waals surface area contributed by atoms with Gasteiger partial charge in [0.25, 0.3) is 0 Å². The Morgan fingerprint density at radius 3 is 2.20 bits per heavy atom. The van der Waals surface area contributed by atoms with Crippen molar-refractivity contribution in [3.05, 3.63) is 16.3 Å². The van der Waals surface area contributed by atoms with Crippen molar-refractivity contribution in [3.8, 4) is 0 Å². The zero-order valence-electron chi connectivity index (χ0n) is 18.7. The molecular formula is C23H34N4O2S. The quantitative estimate of drug-likeness (QED) is 0.738. The SMILES string of the molecule is C[C@@H]1CN(c2nc(CN3C[C@H](C)O[C@@H](C)C3)nc3sc4c(c23)CCCC4)C[C@H](C)O1. The number of morpholine rings is 2. The summed E-state index contributed by atoms with van der Waals surface area (Å²) in [5.74, 6) is 2.09. The monoisotopic (exact) mass is 430 g/mol. The minimum atomic E-state index is 0.220. The van der Waals surface area contributed by atoms with Crippen LogP contribution in [0.1, 0.15) is 56.8 Å². The van der Waals surface area contributed by atoms with E-state index >= 15 is 0 Å². The second-order valence-electron chi connectivity index (χ2n) is 9.47. The standard InChI is InChI=1S/C23H34N4O2S/c1-14-9-26(10-15(2)28-14)13-20-24-22(27-11-16(3)29-17(4)12-27)21-18-7-5-6-8-19(18)30-23(21)25-20/h14-17H,5-13H2,1-4H3/t14-,15-,16-,17+/m0/s1. The molecule has 2 aromatic rings. The lowest BCUT2D eigenvalue weighted by molar-refractivity contribution is -0.0710. The van der Waals surface area contributed by atoms with Crippen LogP contribution in [0, 0.1) is 0 Å². The maximum atomic E-state index is 6.01. The van der Waals surface area contributed by atoms with Crippen molar-refractivity contribution in [1.82, 2.24) is 14.9 Å². The molecule has 2 fully saturated rings. The van der Waals surface area contributed by atoms with Crippen molar-refractivity contribution >= 4 is 27.4 Å². The summed E-state index contributed by atoms with van der Waals surface area (Å²) in [6, 6.07) is 0. The highest BCUT2D eigenvalue weighted by Crippen LogP contribution is 2.40. The minimum Gasteiger partial charge on any atom is -0.373 e. The third-order valence-corrected chi connectivity index (χ3v) is 7.61. The fourth-order valence-electron chi connectivity index (χ4n) is 5.45. The maximum absolute atomic E-state index is 6.01. The highest BCUT2D eigenvalue weighted by Gasteiger charge is 2.29. The molecule has 6 nitrogen and oxygen atoms in total. The van der Waals surface area contributed by atoms with E-state index in [9.17, 15) is 0 Å². The summed E-state index contributed by atoms with van der Waals surface area (Å²) >= 11 is 1.90. The van der Waals surface area contributed by atoms with Gasteiger partial charge in [0.05, 0.1) is 36.3 Å². The summed E-state index contributed by atoms with van der Waals surface area (Å²) in [5.41, 5.74) is 1.52. The molecule has 0 bridgehead atoms. The van der Waals surface area contributed by atoms with Gasteiger partial charge in [-0.1, -0.05) is 0 Å². The Kier molecular flexibility index (Phi) is 5.73. The van der Waals surface area contributed by atoms with Crippen LogP contribution in [0.25, 0.3) is 10.2 Å². The number of nitrogens with zero attached hydrogens (tertiary/aromatic N) is 4. The van der Waals surface area contributed by atoms with Crippen molar-refractivity contribution < 1.29 is 9.47 Å². The lowest BCUT2D eigenvalue weighted by Gasteiger charge is -2.37. The number of aryl methyl sites for hydroxylation is 2. The van der Waals surface area contributed by atoms with Gasteiger partial charge in [0.1, 0.15) is 16.5 Å². The van der Waals surface area contributed by atoms with Crippen LogP contribution in [-0.4, -0.2) is 65.5 Å². The average Bonchev–Trinajstić information content (AvgIpc) is 3.04. The summed E-state index contributed by atoms with van der Waals surface area (Å²) in [6.45, 7) is 13.1. The van der Waals surface area contributed by atoms with Gasteiger partial charge in [0.2, 0.25) is 0 Å². The molecule has 1 aliphatic carbocycles. The van der Waals surface area contributed by atoms with Crippen molar-refractivity contribution in [3.63, 3.8) is 0 Å². The Morgan fingerprint density at radius 2 is 1.50 bits per heavy atom. The first-order chi connectivity index (χ1) is 14.5. The van der Waals surface area contributed by atoms with E-state index in [1.54, 1.807) is 0 Å². The van der Waals surface area contributed by atoms with Crippen molar-refractivity contribution in [2.24, 2.45) is 0 Å². The first-order valence-electron chi connectivity index (χ1n) is 11.6. The first-order valence-corrected chi connectivity index (χ1v) is 12.4. The van der Waals surface area contributed by atoms with Crippen molar-refractivity contribution in [2.75, 3.05) is 31.1 Å². The predicted octanol–water partition coefficient (Wildman–Crippen LogP) is 3.79. The molecule has 4 atom stereocenters. The van der Waals surface area contributed by atoms with E-state index in [1.165, 1.54) is 46.3 Å². The van der Waals surface area contributed by atoms with Gasteiger partial charge in [0.15, 0.2) is 0 Å². The molecule has 0 saturated carbocycles. The molecule has 0 radical (unpaired) electrons. The van der Waals surface area contributed by atoms with Crippen LogP contribution >= 0.6 is 11.3 Å². The highest BCUT2D eigenvalue weighted by molar-refractivity contribution is 7.19. The molecule has 5 rings (SSSR count). The molecule has 2 aromatic heterocycles. The summed E-state index contributed by atoms with van der Waals surface area (Å²) in [6.07, 6.45) is 5.89. The zero-order valence-corrected chi connectivity index (χ0v) is 19.5. The van der Waals surface area contributed by atoms with Crippen molar-refractivity contribution in [2.45, 2.75) is 84.3 Å². The van der Waals surface area contributed by atoms with E-state index in [0.29, 0.717) is 0 Å². The topological polar surface area (TPSA) is 50.7 Å². The molecule has 0 unspecified atom stereocenters. The molecule has 0 aromatic carbocycles. The van der Waals surface area contributed by atoms with Gasteiger partial charge in [-0.25, -0.2) is 9.97 Å². The zero-order chi connectivity index (χ0) is 20.8. The molecule has 4 heterocycles. The van der Waals surface area contributed by atoms with Crippen LogP contribution < -0.4 is 4.90 Å². The normalized spacial score (nSPS) is 30.6. The molecule has 2 aliphatic heterocycles. The fraction of sp³-hybridized carbons (Fsp3) is 0.739. The minimum absolute atomic E-state index is 0.220. The highest BCUT2D eigenvalue weighted by atomic mass is 32.1. The fourth-order valence-corrected chi connectivity index (χ4v) is 6.72. The molecule has 0 N–H and O–H groups in total. The van der Waals surface area contributed by atoms with Crippen LogP contribution in [0.15, 0.2) is 0 Å². The summed E-state index contributed by atoms with van der Waals surface area (Å²) in [4.78, 5) is 17.9. The predicted molar refractivity (Wildman–Crippen MR) is 122 cm³/mol. The van der Waals surface area contributed by atoms with Crippen LogP contribution in [0.5, 0.6) is 0 Å². The number of rotatable bonds is 3. The van der Waals surface area contributed by atoms with Crippen LogP contribution in [-0.2, 0) is 28.9 Å². The Labute approximate surface area is 183 Å². The Hall–Kier alpha value is -1.28. The number of hydrogen-bond donors (Lipinski definition) is 0. The van der Waals surface area contributed by atoms with Gasteiger partial charge in [-0.3, -0.25) is 4.90 Å². The molecule has 2 saturated heterocycles. The lowest BCUT2D eigenvalue weighted by atomic mass is 9.96. The first kappa shape index (κ1) is 20.6. The van der Waals surface area contributed by atoms with E-state index in [-0.39, 0.29) is 24.4 Å². The molecule has 164 valence electrons. The van der Waals surface area contributed by atoms with E-state index < -0.39 is 0 Å². The van der Waals surface area contributed by atoms with Gasteiger partial charge in [-0.2, -0.15) is 0 Å². The largest absolute Gasteiger partial charge is 0.373 e. The third-order valence-electron chi connectivity index (χ3n) is 6.42. The van der Waals surface area contributed by atoms with Gasteiger partial charge >= 0.3 is 0 Å². The van der Waals surface area contributed by atoms with Gasteiger partial charge in [0, 0.05) is 31.1 Å². The molecular weight excluding hydrogens is 396 g/mol. The molecule has 0 spiro atoms. The molecule has 3 aliphatic rings. The number of fused-ring (bicyclic) bond motifs is 3. The van der Waals surface area contributed by atoms with E-state index in [2.05, 4.69) is 37.5 Å². The molecule has 30 heavy (non-hydrogen) atoms. The second-order valence-corrected chi connectivity index (χ2v) is 10.6. The molecule has 0 amide bonds. The van der Waals surface area contributed by atoms with E-state index in [0.717, 1.165) is 44.4 Å². The molecule has 7 heteroatoms. The van der Waals surface area contributed by atoms with Crippen LogP contribution in [0.3, 0.4) is 0 Å². The Bertz CT molecular complexity index is 896. The summed E-state index contributed by atoms with van der Waals surface area (Å²) < 4.78 is 11.9. The van der Waals surface area contributed by atoms with E-state index in [4.69, 9.17) is 19.4 Å². The average molecular weight is 431 g/mol.